The monoisotopic (exact) mass is 489 g/mol. The Kier molecular flexibility index (Phi) is 6.43. The number of aromatic nitrogens is 3. The lowest BCUT2D eigenvalue weighted by molar-refractivity contribution is -0.577. The second kappa shape index (κ2) is 9.68. The van der Waals surface area contributed by atoms with E-state index in [9.17, 15) is 18.8 Å². The highest BCUT2D eigenvalue weighted by Crippen LogP contribution is 2.35. The van der Waals surface area contributed by atoms with Crippen molar-refractivity contribution in [1.29, 1.82) is 0 Å². The Morgan fingerprint density at radius 2 is 1.69 bits per heavy atom. The van der Waals surface area contributed by atoms with Crippen LogP contribution in [0.3, 0.4) is 0 Å². The number of hydrogen-bond donors (Lipinski definition) is 1. The van der Waals surface area contributed by atoms with E-state index in [1.54, 1.807) is 10.8 Å². The van der Waals surface area contributed by atoms with Gasteiger partial charge in [-0.2, -0.15) is 4.57 Å². The number of carbonyl (C=O) groups excluding carboxylic acids is 2. The van der Waals surface area contributed by atoms with E-state index in [0.717, 1.165) is 44.1 Å². The van der Waals surface area contributed by atoms with Crippen LogP contribution in [-0.4, -0.2) is 32.5 Å². The molecule has 3 heterocycles. The van der Waals surface area contributed by atoms with Crippen LogP contribution >= 0.6 is 0 Å². The summed E-state index contributed by atoms with van der Waals surface area (Å²) in [5, 5.41) is 3.09. The van der Waals surface area contributed by atoms with Crippen molar-refractivity contribution in [3.8, 4) is 5.69 Å². The van der Waals surface area contributed by atoms with Crippen molar-refractivity contribution in [2.45, 2.75) is 64.8 Å². The number of halogens is 1. The van der Waals surface area contributed by atoms with Crippen LogP contribution in [0.25, 0.3) is 17.0 Å². The Morgan fingerprint density at radius 3 is 2.36 bits per heavy atom. The van der Waals surface area contributed by atoms with Gasteiger partial charge < -0.3 is 0 Å². The molecule has 0 atom stereocenters. The lowest BCUT2D eigenvalue weighted by Gasteiger charge is -2.29. The number of H-pyrrole nitrogens is 1. The number of rotatable bonds is 6. The minimum atomic E-state index is -0.440. The van der Waals surface area contributed by atoms with Crippen LogP contribution in [0, 0.1) is 5.82 Å². The highest BCUT2D eigenvalue weighted by Gasteiger charge is 2.49. The molecule has 2 amide bonds. The Labute approximate surface area is 208 Å². The van der Waals surface area contributed by atoms with Gasteiger partial charge in [0.15, 0.2) is 12.4 Å². The van der Waals surface area contributed by atoms with Gasteiger partial charge in [-0.05, 0) is 56.0 Å². The summed E-state index contributed by atoms with van der Waals surface area (Å²) in [5.74, 6) is -1.20. The van der Waals surface area contributed by atoms with Crippen LogP contribution in [0.5, 0.6) is 0 Å². The lowest BCUT2D eigenvalue weighted by Crippen LogP contribution is -2.45. The third kappa shape index (κ3) is 4.00. The van der Waals surface area contributed by atoms with Gasteiger partial charge in [0.05, 0.1) is 11.3 Å². The van der Waals surface area contributed by atoms with Crippen molar-refractivity contribution >= 4 is 23.1 Å². The maximum Gasteiger partial charge on any atom is 0.327 e. The number of benzene rings is 1. The highest BCUT2D eigenvalue weighted by atomic mass is 19.1. The number of carbonyl (C=O) groups is 2. The standard InChI is InChI=1S/C28H29FN4O3/c1-3-18-9-8-16-31(17-18)25-24(26(34)32(28(25)36)20-10-6-5-7-11-20)23-22(4-2)30-33(27(23)35)21-14-12-19(29)13-15-21/h8-9,12-17,20H,3-7,10-11H2,1-2H3/p+1. The van der Waals surface area contributed by atoms with Gasteiger partial charge >= 0.3 is 5.91 Å². The number of nitrogens with one attached hydrogen (secondary N) is 1. The molecule has 0 bridgehead atoms. The molecule has 186 valence electrons. The summed E-state index contributed by atoms with van der Waals surface area (Å²) in [7, 11) is 0. The molecule has 3 aromatic rings. The van der Waals surface area contributed by atoms with E-state index >= 15 is 0 Å². The minimum Gasteiger partial charge on any atom is -0.294 e. The van der Waals surface area contributed by atoms with Crippen molar-refractivity contribution in [2.75, 3.05) is 0 Å². The summed E-state index contributed by atoms with van der Waals surface area (Å²) >= 11 is 0. The zero-order chi connectivity index (χ0) is 25.4. The normalized spacial score (nSPS) is 16.9. The Balaban J connectivity index is 1.73. The molecule has 0 spiro atoms. The molecule has 7 nitrogen and oxygen atoms in total. The second-order valence-electron chi connectivity index (χ2n) is 9.40. The van der Waals surface area contributed by atoms with Gasteiger partial charge in [-0.15, -0.1) is 0 Å². The van der Waals surface area contributed by atoms with Crippen molar-refractivity contribution in [3.63, 3.8) is 0 Å². The molecule has 2 aromatic heterocycles. The van der Waals surface area contributed by atoms with Gasteiger partial charge in [-0.25, -0.2) is 9.07 Å². The van der Waals surface area contributed by atoms with Crippen molar-refractivity contribution < 1.29 is 18.5 Å². The first-order valence-electron chi connectivity index (χ1n) is 12.7. The quantitative estimate of drug-likeness (QED) is 0.423. The molecule has 0 radical (unpaired) electrons. The lowest BCUT2D eigenvalue weighted by atomic mass is 9.94. The fraction of sp³-hybridized carbons (Fsp3) is 0.357. The SMILES string of the molecule is CCc1ccc[n+](C2=C(c3c(CC)[nH]n(-c4ccc(F)cc4)c3=O)C(=O)N(C3CCCCC3)C2=O)c1. The maximum absolute atomic E-state index is 14.0. The molecule has 1 aliphatic carbocycles. The van der Waals surface area contributed by atoms with E-state index in [0.29, 0.717) is 17.8 Å². The minimum absolute atomic E-state index is 0.128. The van der Waals surface area contributed by atoms with E-state index in [1.165, 1.54) is 33.8 Å². The summed E-state index contributed by atoms with van der Waals surface area (Å²) < 4.78 is 16.5. The van der Waals surface area contributed by atoms with Crippen molar-refractivity contribution in [1.82, 2.24) is 14.7 Å². The number of pyridine rings is 1. The Morgan fingerprint density at radius 1 is 0.972 bits per heavy atom. The summed E-state index contributed by atoms with van der Waals surface area (Å²) in [4.78, 5) is 43.0. The molecule has 1 N–H and O–H groups in total. The van der Waals surface area contributed by atoms with Gasteiger partial charge in [0.2, 0.25) is 0 Å². The molecule has 1 fully saturated rings. The summed E-state index contributed by atoms with van der Waals surface area (Å²) in [6, 6.07) is 9.19. The molecule has 36 heavy (non-hydrogen) atoms. The van der Waals surface area contributed by atoms with Gasteiger partial charge in [0.25, 0.3) is 17.2 Å². The number of nitrogens with zero attached hydrogens (tertiary/aromatic N) is 3. The average molecular weight is 490 g/mol. The largest absolute Gasteiger partial charge is 0.327 e. The molecular formula is C28H30FN4O3+. The molecule has 1 aromatic carbocycles. The second-order valence-corrected chi connectivity index (χ2v) is 9.40. The Bertz CT molecular complexity index is 1410. The third-order valence-electron chi connectivity index (χ3n) is 7.21. The predicted molar refractivity (Wildman–Crippen MR) is 134 cm³/mol. The summed E-state index contributed by atoms with van der Waals surface area (Å²) in [6.45, 7) is 3.91. The van der Waals surface area contributed by atoms with Crippen LogP contribution in [-0.2, 0) is 22.4 Å². The molecule has 8 heteroatoms. The average Bonchev–Trinajstić information content (AvgIpc) is 3.36. The van der Waals surface area contributed by atoms with Gasteiger partial charge in [-0.1, -0.05) is 33.1 Å². The van der Waals surface area contributed by atoms with E-state index in [-0.39, 0.29) is 28.8 Å². The first-order valence-corrected chi connectivity index (χ1v) is 12.7. The predicted octanol–water partition coefficient (Wildman–Crippen LogP) is 3.79. The van der Waals surface area contributed by atoms with Crippen LogP contribution in [0.2, 0.25) is 0 Å². The van der Waals surface area contributed by atoms with Gasteiger partial charge in [-0.3, -0.25) is 24.4 Å². The van der Waals surface area contributed by atoms with E-state index in [2.05, 4.69) is 5.10 Å². The molecular weight excluding hydrogens is 459 g/mol. The number of hydrogen-bond acceptors (Lipinski definition) is 3. The molecule has 1 saturated carbocycles. The molecule has 5 rings (SSSR count). The van der Waals surface area contributed by atoms with Crippen molar-refractivity contribution in [3.05, 3.63) is 81.8 Å². The van der Waals surface area contributed by atoms with Crippen molar-refractivity contribution in [2.24, 2.45) is 0 Å². The summed E-state index contributed by atoms with van der Waals surface area (Å²) in [5.41, 5.74) is 2.10. The van der Waals surface area contributed by atoms with E-state index < -0.39 is 17.3 Å². The topological polar surface area (TPSA) is 79.1 Å². The van der Waals surface area contributed by atoms with E-state index in [1.807, 2.05) is 32.2 Å². The van der Waals surface area contributed by atoms with Gasteiger partial charge in [0, 0.05) is 23.4 Å². The first-order chi connectivity index (χ1) is 17.4. The summed E-state index contributed by atoms with van der Waals surface area (Å²) in [6.07, 6.45) is 9.37. The number of aryl methyl sites for hydroxylation is 2. The van der Waals surface area contributed by atoms with E-state index in [4.69, 9.17) is 0 Å². The fourth-order valence-corrected chi connectivity index (χ4v) is 5.31. The molecule has 0 saturated heterocycles. The number of aromatic amines is 1. The Hall–Kier alpha value is -3.81. The zero-order valence-electron chi connectivity index (χ0n) is 20.6. The van der Waals surface area contributed by atoms with Crippen LogP contribution in [0.1, 0.15) is 62.8 Å². The maximum atomic E-state index is 14.0. The number of amides is 2. The third-order valence-corrected chi connectivity index (χ3v) is 7.21. The fourth-order valence-electron chi connectivity index (χ4n) is 5.31. The molecule has 2 aliphatic rings. The highest BCUT2D eigenvalue weighted by molar-refractivity contribution is 6.44. The smallest absolute Gasteiger partial charge is 0.294 e. The zero-order valence-corrected chi connectivity index (χ0v) is 20.6. The molecule has 0 unspecified atom stereocenters. The first kappa shape index (κ1) is 23.9. The van der Waals surface area contributed by atoms with Crippen LogP contribution in [0.15, 0.2) is 53.6 Å². The van der Waals surface area contributed by atoms with Crippen LogP contribution < -0.4 is 10.1 Å². The van der Waals surface area contributed by atoms with Gasteiger partial charge in [0.1, 0.15) is 11.4 Å². The number of imide groups is 1. The molecule has 1 aliphatic heterocycles. The van der Waals surface area contributed by atoms with Crippen LogP contribution in [0.4, 0.5) is 4.39 Å².